The molecule has 0 fully saturated rings. The molecule has 0 radical (unpaired) electrons. The molecule has 0 spiro atoms. The largest absolute Gasteiger partial charge is 0.497 e. The summed E-state index contributed by atoms with van der Waals surface area (Å²) in [6.45, 7) is 2.05. The number of nitrogens with one attached hydrogen (secondary N) is 2. The van der Waals surface area contributed by atoms with Gasteiger partial charge in [-0.25, -0.2) is 0 Å². The average Bonchev–Trinajstić information content (AvgIpc) is 2.85. The van der Waals surface area contributed by atoms with Crippen LogP contribution in [0.5, 0.6) is 5.75 Å². The minimum absolute atomic E-state index is 0.445. The predicted molar refractivity (Wildman–Crippen MR) is 89.0 cm³/mol. The lowest BCUT2D eigenvalue weighted by molar-refractivity contribution is 0.415. The minimum Gasteiger partial charge on any atom is -0.497 e. The third-order valence-electron chi connectivity index (χ3n) is 2.60. The van der Waals surface area contributed by atoms with Gasteiger partial charge in [-0.15, -0.1) is 11.3 Å². The van der Waals surface area contributed by atoms with Crippen molar-refractivity contribution in [3.8, 4) is 5.75 Å². The number of thiocarbonyl (C=S) groups is 1. The maximum atomic E-state index is 5.16. The van der Waals surface area contributed by atoms with Crippen LogP contribution in [-0.4, -0.2) is 18.4 Å². The van der Waals surface area contributed by atoms with E-state index in [4.69, 9.17) is 17.0 Å². The highest BCUT2D eigenvalue weighted by Crippen LogP contribution is 2.15. The van der Waals surface area contributed by atoms with Gasteiger partial charge in [-0.05, 0) is 60.4 Å². The van der Waals surface area contributed by atoms with Gasteiger partial charge in [0.05, 0.1) is 13.3 Å². The molecule has 104 valence electrons. The second-order valence-corrected chi connectivity index (χ2v) is 5.38. The lowest BCUT2D eigenvalue weighted by atomic mass is 10.3. The first kappa shape index (κ1) is 14.5. The summed E-state index contributed by atoms with van der Waals surface area (Å²) in [5.74, 6) is 0.806. The smallest absolute Gasteiger partial charge is 0.191 e. The highest BCUT2D eigenvalue weighted by molar-refractivity contribution is 7.80. The van der Waals surface area contributed by atoms with Crippen LogP contribution in [0.4, 0.5) is 5.69 Å². The number of hydrazone groups is 1. The molecule has 1 heterocycles. The molecule has 0 aliphatic rings. The Balaban J connectivity index is 1.86. The number of ether oxygens (including phenoxy) is 1. The van der Waals surface area contributed by atoms with Gasteiger partial charge in [-0.2, -0.15) is 5.10 Å². The van der Waals surface area contributed by atoms with Gasteiger partial charge >= 0.3 is 0 Å². The van der Waals surface area contributed by atoms with Crippen molar-refractivity contribution >= 4 is 40.6 Å². The van der Waals surface area contributed by atoms with E-state index in [9.17, 15) is 0 Å². The molecule has 0 atom stereocenters. The summed E-state index contributed by atoms with van der Waals surface area (Å²) >= 11 is 6.80. The predicted octanol–water partition coefficient (Wildman–Crippen LogP) is 3.39. The van der Waals surface area contributed by atoms with Gasteiger partial charge in [0.1, 0.15) is 5.75 Å². The highest BCUT2D eigenvalue weighted by Gasteiger charge is 1.98. The molecular weight excluding hydrogens is 290 g/mol. The molecule has 2 rings (SSSR count). The Kier molecular flexibility index (Phi) is 5.09. The van der Waals surface area contributed by atoms with Gasteiger partial charge in [-0.3, -0.25) is 5.43 Å². The molecule has 0 amide bonds. The first-order valence-corrected chi connectivity index (χ1v) is 7.26. The molecule has 4 nitrogen and oxygen atoms in total. The zero-order valence-corrected chi connectivity index (χ0v) is 12.8. The fourth-order valence-electron chi connectivity index (χ4n) is 1.50. The normalized spacial score (nSPS) is 10.5. The van der Waals surface area contributed by atoms with Crippen LogP contribution in [0.25, 0.3) is 0 Å². The van der Waals surface area contributed by atoms with E-state index in [0.717, 1.165) is 16.3 Å². The SMILES string of the molecule is COc1ccc(NC(=S)N/N=C/c2sccc2C)cc1. The quantitative estimate of drug-likeness (QED) is 0.516. The molecule has 2 N–H and O–H groups in total. The zero-order valence-electron chi connectivity index (χ0n) is 11.2. The summed E-state index contributed by atoms with van der Waals surface area (Å²) in [5, 5.41) is 9.63. The maximum Gasteiger partial charge on any atom is 0.191 e. The molecule has 0 aliphatic carbocycles. The third-order valence-corrected chi connectivity index (χ3v) is 3.74. The van der Waals surface area contributed by atoms with Crippen LogP contribution in [0.15, 0.2) is 40.8 Å². The molecule has 0 saturated heterocycles. The fraction of sp³-hybridized carbons (Fsp3) is 0.143. The highest BCUT2D eigenvalue weighted by atomic mass is 32.1. The molecular formula is C14H15N3OS2. The van der Waals surface area contributed by atoms with Crippen molar-refractivity contribution in [3.63, 3.8) is 0 Å². The van der Waals surface area contributed by atoms with Crippen LogP contribution in [0.3, 0.4) is 0 Å². The molecule has 6 heteroatoms. The van der Waals surface area contributed by atoms with Crippen LogP contribution in [0.1, 0.15) is 10.4 Å². The van der Waals surface area contributed by atoms with Gasteiger partial charge in [0.15, 0.2) is 5.11 Å². The third kappa shape index (κ3) is 4.04. The molecule has 0 unspecified atom stereocenters. The number of aryl methyl sites for hydroxylation is 1. The molecule has 1 aromatic carbocycles. The first-order chi connectivity index (χ1) is 9.69. The lowest BCUT2D eigenvalue weighted by Gasteiger charge is -2.07. The molecule has 2 aromatic rings. The summed E-state index contributed by atoms with van der Waals surface area (Å²) < 4.78 is 5.09. The van der Waals surface area contributed by atoms with E-state index in [1.165, 1.54) is 5.56 Å². The number of thiophene rings is 1. The number of benzene rings is 1. The van der Waals surface area contributed by atoms with Crippen LogP contribution < -0.4 is 15.5 Å². The Labute approximate surface area is 127 Å². The molecule has 0 aliphatic heterocycles. The number of nitrogens with zero attached hydrogens (tertiary/aromatic N) is 1. The van der Waals surface area contributed by atoms with Crippen molar-refractivity contribution in [2.75, 3.05) is 12.4 Å². The van der Waals surface area contributed by atoms with Crippen molar-refractivity contribution in [3.05, 3.63) is 46.2 Å². The monoisotopic (exact) mass is 305 g/mol. The second kappa shape index (κ2) is 7.02. The summed E-state index contributed by atoms with van der Waals surface area (Å²) in [6.07, 6.45) is 1.77. The van der Waals surface area contributed by atoms with E-state index in [1.54, 1.807) is 24.7 Å². The first-order valence-electron chi connectivity index (χ1n) is 5.97. The average molecular weight is 305 g/mol. The Morgan fingerprint density at radius 1 is 1.30 bits per heavy atom. The second-order valence-electron chi connectivity index (χ2n) is 4.02. The topological polar surface area (TPSA) is 45.6 Å². The number of methoxy groups -OCH3 is 1. The van der Waals surface area contributed by atoms with Crippen molar-refractivity contribution in [2.24, 2.45) is 5.10 Å². The van der Waals surface area contributed by atoms with Crippen LogP contribution in [0.2, 0.25) is 0 Å². The van der Waals surface area contributed by atoms with Gasteiger partial charge in [0.25, 0.3) is 0 Å². The van der Waals surface area contributed by atoms with Gasteiger partial charge < -0.3 is 10.1 Å². The van der Waals surface area contributed by atoms with Gasteiger partial charge in [0.2, 0.25) is 0 Å². The number of hydrogen-bond acceptors (Lipinski definition) is 4. The van der Waals surface area contributed by atoms with Crippen molar-refractivity contribution in [1.29, 1.82) is 0 Å². The Hall–Kier alpha value is -1.92. The number of hydrogen-bond donors (Lipinski definition) is 2. The summed E-state index contributed by atoms with van der Waals surface area (Å²) in [5.41, 5.74) is 4.87. The number of rotatable bonds is 4. The van der Waals surface area contributed by atoms with E-state index in [1.807, 2.05) is 36.6 Å². The molecule has 1 aromatic heterocycles. The lowest BCUT2D eigenvalue weighted by Crippen LogP contribution is -2.23. The van der Waals surface area contributed by atoms with E-state index in [-0.39, 0.29) is 0 Å². The maximum absolute atomic E-state index is 5.16. The minimum atomic E-state index is 0.445. The Morgan fingerprint density at radius 3 is 2.65 bits per heavy atom. The van der Waals surface area contributed by atoms with Gasteiger partial charge in [-0.1, -0.05) is 0 Å². The fourth-order valence-corrected chi connectivity index (χ4v) is 2.46. The van der Waals surface area contributed by atoms with Crippen LogP contribution in [-0.2, 0) is 0 Å². The Bertz CT molecular complexity index is 605. The van der Waals surface area contributed by atoms with E-state index < -0.39 is 0 Å². The van der Waals surface area contributed by atoms with Crippen molar-refractivity contribution in [2.45, 2.75) is 6.92 Å². The molecule has 20 heavy (non-hydrogen) atoms. The van der Waals surface area contributed by atoms with E-state index in [2.05, 4.69) is 21.9 Å². The van der Waals surface area contributed by atoms with Crippen LogP contribution in [0, 0.1) is 6.92 Å². The van der Waals surface area contributed by atoms with E-state index >= 15 is 0 Å². The Morgan fingerprint density at radius 2 is 2.05 bits per heavy atom. The number of anilines is 1. The molecule has 0 saturated carbocycles. The zero-order chi connectivity index (χ0) is 14.4. The van der Waals surface area contributed by atoms with Crippen LogP contribution >= 0.6 is 23.6 Å². The van der Waals surface area contributed by atoms with Crippen molar-refractivity contribution < 1.29 is 4.74 Å². The van der Waals surface area contributed by atoms with E-state index in [0.29, 0.717) is 5.11 Å². The van der Waals surface area contributed by atoms with Crippen molar-refractivity contribution in [1.82, 2.24) is 5.43 Å². The summed E-state index contributed by atoms with van der Waals surface area (Å²) in [6, 6.07) is 9.56. The van der Waals surface area contributed by atoms with Gasteiger partial charge in [0, 0.05) is 10.6 Å². The summed E-state index contributed by atoms with van der Waals surface area (Å²) in [7, 11) is 1.63. The molecule has 0 bridgehead atoms. The standard InChI is InChI=1S/C14H15N3OS2/c1-10-7-8-20-13(10)9-15-17-14(19)16-11-3-5-12(18-2)6-4-11/h3-9H,1-2H3,(H2,16,17,19)/b15-9+. The summed E-state index contributed by atoms with van der Waals surface area (Å²) in [4.78, 5) is 1.12.